The van der Waals surface area contributed by atoms with Crippen LogP contribution < -0.4 is 9.80 Å². The Balaban J connectivity index is 1.46. The maximum absolute atomic E-state index is 13.0. The Morgan fingerprint density at radius 3 is 2.67 bits per heavy atom. The smallest absolute Gasteiger partial charge is 0.253 e. The van der Waals surface area contributed by atoms with Crippen molar-refractivity contribution in [2.45, 2.75) is 18.4 Å². The van der Waals surface area contributed by atoms with Crippen molar-refractivity contribution in [2.75, 3.05) is 36.0 Å². The average Bonchev–Trinajstić information content (AvgIpc) is 3.13. The lowest BCUT2D eigenvalue weighted by atomic mass is 9.89. The highest BCUT2D eigenvalue weighted by Gasteiger charge is 2.43. The van der Waals surface area contributed by atoms with Gasteiger partial charge in [0.25, 0.3) is 5.91 Å². The Hall–Kier alpha value is -2.06. The summed E-state index contributed by atoms with van der Waals surface area (Å²) in [4.78, 5) is 24.1. The van der Waals surface area contributed by atoms with Crippen LogP contribution in [0, 0.1) is 5.82 Å². The predicted molar refractivity (Wildman–Crippen MR) is 88.8 cm³/mol. The number of piperidine rings is 1. The van der Waals surface area contributed by atoms with E-state index >= 15 is 0 Å². The van der Waals surface area contributed by atoms with E-state index in [9.17, 15) is 9.18 Å². The van der Waals surface area contributed by atoms with Crippen LogP contribution in [-0.2, 0) is 9.53 Å². The van der Waals surface area contributed by atoms with Gasteiger partial charge in [0, 0.05) is 18.5 Å². The third-order valence-corrected chi connectivity index (χ3v) is 5.30. The second kappa shape index (κ2) is 6.10. The second-order valence-electron chi connectivity index (χ2n) is 6.12. The second-order valence-corrected chi connectivity index (χ2v) is 6.90. The SMILES string of the molecule is O=C1COC2(CCN(c3ncc(F)cn3)CC2)CN1c1ccsc1. The minimum atomic E-state index is -0.437. The molecule has 2 fully saturated rings. The van der Waals surface area contributed by atoms with E-state index in [2.05, 4.69) is 9.97 Å². The van der Waals surface area contributed by atoms with E-state index in [1.807, 2.05) is 26.6 Å². The molecule has 0 saturated carbocycles. The third-order valence-electron chi connectivity index (χ3n) is 4.63. The zero-order valence-electron chi connectivity index (χ0n) is 13.0. The van der Waals surface area contributed by atoms with Crippen molar-refractivity contribution in [3.05, 3.63) is 35.0 Å². The van der Waals surface area contributed by atoms with E-state index < -0.39 is 5.82 Å². The molecule has 8 heteroatoms. The fourth-order valence-corrected chi connectivity index (χ4v) is 3.89. The van der Waals surface area contributed by atoms with Gasteiger partial charge in [-0.1, -0.05) is 0 Å². The van der Waals surface area contributed by atoms with Crippen LogP contribution in [0.3, 0.4) is 0 Å². The lowest BCUT2D eigenvalue weighted by Crippen LogP contribution is -2.59. The molecule has 0 bridgehead atoms. The van der Waals surface area contributed by atoms with Crippen LogP contribution >= 0.6 is 11.3 Å². The Morgan fingerprint density at radius 2 is 2.00 bits per heavy atom. The summed E-state index contributed by atoms with van der Waals surface area (Å²) in [5, 5.41) is 3.96. The molecule has 0 unspecified atom stereocenters. The quantitative estimate of drug-likeness (QED) is 0.832. The summed E-state index contributed by atoms with van der Waals surface area (Å²) < 4.78 is 18.9. The third kappa shape index (κ3) is 2.87. The summed E-state index contributed by atoms with van der Waals surface area (Å²) in [5.74, 6) is 0.101. The van der Waals surface area contributed by atoms with Gasteiger partial charge >= 0.3 is 0 Å². The fourth-order valence-electron chi connectivity index (χ4n) is 3.25. The Morgan fingerprint density at radius 1 is 1.25 bits per heavy atom. The first kappa shape index (κ1) is 15.5. The molecule has 2 saturated heterocycles. The van der Waals surface area contributed by atoms with Crippen LogP contribution in [0.4, 0.5) is 16.0 Å². The molecule has 0 atom stereocenters. The number of hydrogen-bond acceptors (Lipinski definition) is 6. The van der Waals surface area contributed by atoms with Gasteiger partial charge in [-0.05, 0) is 24.3 Å². The van der Waals surface area contributed by atoms with E-state index in [1.54, 1.807) is 11.3 Å². The Kier molecular flexibility index (Phi) is 3.93. The number of aromatic nitrogens is 2. The Labute approximate surface area is 142 Å². The highest BCUT2D eigenvalue weighted by Crippen LogP contribution is 2.34. The molecule has 2 aliphatic rings. The molecule has 1 amide bonds. The van der Waals surface area contributed by atoms with Gasteiger partial charge in [0.15, 0.2) is 5.82 Å². The van der Waals surface area contributed by atoms with Crippen molar-refractivity contribution < 1.29 is 13.9 Å². The summed E-state index contributed by atoms with van der Waals surface area (Å²) in [6.45, 7) is 2.12. The molecular formula is C16H17FN4O2S. The number of nitrogens with zero attached hydrogens (tertiary/aromatic N) is 4. The number of ether oxygens (including phenoxy) is 1. The van der Waals surface area contributed by atoms with Crippen LogP contribution in [-0.4, -0.2) is 47.7 Å². The average molecular weight is 348 g/mol. The summed E-state index contributed by atoms with van der Waals surface area (Å²) in [6, 6.07) is 1.96. The van der Waals surface area contributed by atoms with Gasteiger partial charge in [-0.2, -0.15) is 11.3 Å². The summed E-state index contributed by atoms with van der Waals surface area (Å²) in [5.41, 5.74) is 0.615. The zero-order valence-corrected chi connectivity index (χ0v) is 13.8. The highest BCUT2D eigenvalue weighted by molar-refractivity contribution is 7.08. The van der Waals surface area contributed by atoms with Crippen molar-refractivity contribution in [1.82, 2.24) is 9.97 Å². The van der Waals surface area contributed by atoms with Crippen LogP contribution in [0.1, 0.15) is 12.8 Å². The van der Waals surface area contributed by atoms with Crippen LogP contribution in [0.5, 0.6) is 0 Å². The standard InChI is InChI=1S/C16H17FN4O2S/c17-12-7-18-15(19-8-12)20-4-2-16(3-5-20)11-21(14(22)9-23-16)13-1-6-24-10-13/h1,6-8,10H,2-5,9,11H2. The molecule has 126 valence electrons. The fraction of sp³-hybridized carbons (Fsp3) is 0.438. The first-order valence-electron chi connectivity index (χ1n) is 7.84. The predicted octanol–water partition coefficient (Wildman–Crippen LogP) is 2.08. The van der Waals surface area contributed by atoms with Crippen LogP contribution in [0.25, 0.3) is 0 Å². The number of halogens is 1. The van der Waals surface area contributed by atoms with E-state index in [1.165, 1.54) is 12.4 Å². The largest absolute Gasteiger partial charge is 0.363 e. The molecule has 24 heavy (non-hydrogen) atoms. The van der Waals surface area contributed by atoms with Crippen molar-refractivity contribution in [2.24, 2.45) is 0 Å². The maximum Gasteiger partial charge on any atom is 0.253 e. The first-order valence-corrected chi connectivity index (χ1v) is 8.79. The monoisotopic (exact) mass is 348 g/mol. The van der Waals surface area contributed by atoms with E-state index in [0.717, 1.165) is 31.6 Å². The van der Waals surface area contributed by atoms with Crippen molar-refractivity contribution >= 4 is 28.9 Å². The topological polar surface area (TPSA) is 58.6 Å². The van der Waals surface area contributed by atoms with Gasteiger partial charge < -0.3 is 14.5 Å². The molecule has 2 aromatic rings. The molecule has 0 radical (unpaired) electrons. The molecule has 4 heterocycles. The molecule has 0 N–H and O–H groups in total. The summed E-state index contributed by atoms with van der Waals surface area (Å²) in [7, 11) is 0. The molecule has 4 rings (SSSR count). The number of carbonyl (C=O) groups is 1. The highest BCUT2D eigenvalue weighted by atomic mass is 32.1. The van der Waals surface area contributed by atoms with Gasteiger partial charge in [-0.15, -0.1) is 0 Å². The van der Waals surface area contributed by atoms with Gasteiger partial charge in [0.2, 0.25) is 5.95 Å². The molecule has 0 aromatic carbocycles. The number of anilines is 2. The minimum Gasteiger partial charge on any atom is -0.363 e. The van der Waals surface area contributed by atoms with E-state index in [4.69, 9.17) is 4.74 Å². The lowest BCUT2D eigenvalue weighted by molar-refractivity contribution is -0.141. The van der Waals surface area contributed by atoms with E-state index in [0.29, 0.717) is 12.5 Å². The number of amides is 1. The molecule has 1 spiro atoms. The molecule has 6 nitrogen and oxygen atoms in total. The van der Waals surface area contributed by atoms with Gasteiger partial charge in [0.1, 0.15) is 6.61 Å². The summed E-state index contributed by atoms with van der Waals surface area (Å²) in [6.07, 6.45) is 3.92. The number of morpholine rings is 1. The number of carbonyl (C=O) groups excluding carboxylic acids is 1. The number of rotatable bonds is 2. The van der Waals surface area contributed by atoms with Gasteiger partial charge in [-0.3, -0.25) is 4.79 Å². The zero-order chi connectivity index (χ0) is 16.6. The van der Waals surface area contributed by atoms with Crippen molar-refractivity contribution in [1.29, 1.82) is 0 Å². The minimum absolute atomic E-state index is 0.00308. The maximum atomic E-state index is 13.0. The summed E-state index contributed by atoms with van der Waals surface area (Å²) >= 11 is 1.58. The molecule has 2 aliphatic heterocycles. The molecular weight excluding hydrogens is 331 g/mol. The number of hydrogen-bond donors (Lipinski definition) is 0. The normalized spacial score (nSPS) is 20.6. The van der Waals surface area contributed by atoms with Crippen molar-refractivity contribution in [3.8, 4) is 0 Å². The molecule has 2 aromatic heterocycles. The van der Waals surface area contributed by atoms with Crippen molar-refractivity contribution in [3.63, 3.8) is 0 Å². The lowest BCUT2D eigenvalue weighted by Gasteiger charge is -2.46. The van der Waals surface area contributed by atoms with Gasteiger partial charge in [-0.25, -0.2) is 14.4 Å². The Bertz CT molecular complexity index is 714. The van der Waals surface area contributed by atoms with Crippen LogP contribution in [0.2, 0.25) is 0 Å². The number of thiophene rings is 1. The van der Waals surface area contributed by atoms with E-state index in [-0.39, 0.29) is 18.1 Å². The van der Waals surface area contributed by atoms with Crippen LogP contribution in [0.15, 0.2) is 29.2 Å². The first-order chi connectivity index (χ1) is 11.7. The molecule has 0 aliphatic carbocycles. The van der Waals surface area contributed by atoms with Gasteiger partial charge in [0.05, 0.1) is 30.2 Å².